The van der Waals surface area contributed by atoms with E-state index in [1.165, 1.54) is 22.3 Å². The summed E-state index contributed by atoms with van der Waals surface area (Å²) in [5.74, 6) is 0. The predicted octanol–water partition coefficient (Wildman–Crippen LogP) is 2.19. The van der Waals surface area contributed by atoms with Crippen LogP contribution in [0.1, 0.15) is 22.3 Å². The molecule has 2 aromatic carbocycles. The van der Waals surface area contributed by atoms with Crippen molar-refractivity contribution < 1.29 is 0 Å². The van der Waals surface area contributed by atoms with E-state index in [1.807, 2.05) is 0 Å². The van der Waals surface area contributed by atoms with Gasteiger partial charge in [-0.15, -0.1) is 0 Å². The first-order valence-corrected chi connectivity index (χ1v) is 15.7. The van der Waals surface area contributed by atoms with Crippen molar-refractivity contribution in [2.45, 2.75) is 27.7 Å². The van der Waals surface area contributed by atoms with E-state index in [4.69, 9.17) is 0 Å². The Kier molecular flexibility index (Phi) is 5.17. The van der Waals surface area contributed by atoms with E-state index in [2.05, 4.69) is 64.1 Å². The van der Waals surface area contributed by atoms with Crippen molar-refractivity contribution in [1.82, 2.24) is 0 Å². The topological polar surface area (TPSA) is 0 Å². The molecule has 2 aromatic rings. The number of hydrogen-bond acceptors (Lipinski definition) is 0. The van der Waals surface area contributed by atoms with Gasteiger partial charge in [-0.05, 0) is 0 Å². The van der Waals surface area contributed by atoms with Gasteiger partial charge in [-0.1, -0.05) is 0 Å². The molecule has 0 spiro atoms. The van der Waals surface area contributed by atoms with Gasteiger partial charge in [0.05, 0.1) is 0 Å². The van der Waals surface area contributed by atoms with Gasteiger partial charge in [0.15, 0.2) is 0 Å². The van der Waals surface area contributed by atoms with Crippen molar-refractivity contribution in [3.05, 3.63) is 58.7 Å². The zero-order chi connectivity index (χ0) is 13.1. The van der Waals surface area contributed by atoms with Crippen LogP contribution in [-0.2, 0) is 0 Å². The van der Waals surface area contributed by atoms with Gasteiger partial charge in [-0.3, -0.25) is 0 Å². The van der Waals surface area contributed by atoms with E-state index in [-0.39, 0.29) is 34.1 Å². The van der Waals surface area contributed by atoms with Crippen molar-refractivity contribution in [3.63, 3.8) is 0 Å². The van der Waals surface area contributed by atoms with Crippen LogP contribution in [0.15, 0.2) is 36.4 Å². The number of aryl methyl sites for hydroxylation is 4. The molecule has 0 aliphatic heterocycles. The Labute approximate surface area is 127 Å². The van der Waals surface area contributed by atoms with Crippen LogP contribution in [-0.4, -0.2) is 34.1 Å². The Balaban J connectivity index is 2.19. The van der Waals surface area contributed by atoms with Crippen molar-refractivity contribution in [2.75, 3.05) is 0 Å². The minimum atomic E-state index is 0.0112. The zero-order valence-corrected chi connectivity index (χ0v) is 15.9. The Morgan fingerprint density at radius 2 is 1.33 bits per heavy atom. The molecule has 94 valence electrons. The van der Waals surface area contributed by atoms with Gasteiger partial charge < -0.3 is 0 Å². The summed E-state index contributed by atoms with van der Waals surface area (Å²) < 4.78 is 3.36. The molecule has 0 nitrogen and oxygen atoms in total. The summed E-state index contributed by atoms with van der Waals surface area (Å²) >= 11 is 0.0327. The van der Waals surface area contributed by atoms with Crippen molar-refractivity contribution in [1.29, 1.82) is 0 Å². The minimum absolute atomic E-state index is 0.0112. The van der Waals surface area contributed by atoms with Crippen LogP contribution in [0.2, 0.25) is 0 Å². The summed E-state index contributed by atoms with van der Waals surface area (Å²) in [7, 11) is 0. The summed E-state index contributed by atoms with van der Waals surface area (Å²) in [5.41, 5.74) is 5.94. The molecule has 0 bridgehead atoms. The molecule has 0 amide bonds. The third-order valence-electron chi connectivity index (χ3n) is 2.91. The Bertz CT molecular complexity index is 536. The summed E-state index contributed by atoms with van der Waals surface area (Å²) in [4.78, 5) is 0. The number of hydrogen-bond donors (Lipinski definition) is 0. The molecule has 0 saturated carbocycles. The molecule has 0 radical (unpaired) electrons. The number of rotatable bonds is 3. The molecule has 18 heavy (non-hydrogen) atoms. The normalized spacial score (nSPS) is 10.7. The summed E-state index contributed by atoms with van der Waals surface area (Å²) in [5, 5.41) is 0. The Morgan fingerprint density at radius 1 is 0.722 bits per heavy atom. The average Bonchev–Trinajstić information content (AvgIpc) is 2.30. The molecule has 0 atom stereocenters. The quantitative estimate of drug-likeness (QED) is 0.610. The first kappa shape index (κ1) is 14.4. The second-order valence-electron chi connectivity index (χ2n) is 4.66. The van der Waals surface area contributed by atoms with Crippen molar-refractivity contribution >= 4 is 41.3 Å². The van der Waals surface area contributed by atoms with Crippen molar-refractivity contribution in [3.8, 4) is 0 Å². The van der Waals surface area contributed by atoms with Gasteiger partial charge in [0.2, 0.25) is 0 Å². The second kappa shape index (κ2) is 6.45. The molecule has 2 rings (SSSR count). The van der Waals surface area contributed by atoms with Crippen LogP contribution in [0.5, 0.6) is 0 Å². The summed E-state index contributed by atoms with van der Waals surface area (Å²) in [6.07, 6.45) is 0. The molecular weight excluding hydrogens is 447 g/mol. The van der Waals surface area contributed by atoms with Gasteiger partial charge in [0.1, 0.15) is 0 Å². The average molecular weight is 466 g/mol. The van der Waals surface area contributed by atoms with E-state index in [0.717, 1.165) is 0 Å². The van der Waals surface area contributed by atoms with E-state index in [9.17, 15) is 0 Å². The van der Waals surface area contributed by atoms with Crippen molar-refractivity contribution in [2.24, 2.45) is 0 Å². The maximum absolute atomic E-state index is 2.35. The third kappa shape index (κ3) is 3.52. The van der Waals surface area contributed by atoms with E-state index in [0.29, 0.717) is 0 Å². The SMILES string of the molecule is Cc1cc(C)c([Te][Te]c2ccccc2C)c(C)c1. The molecule has 0 N–H and O–H groups in total. The van der Waals surface area contributed by atoms with E-state index < -0.39 is 0 Å². The Morgan fingerprint density at radius 3 is 1.94 bits per heavy atom. The Hall–Kier alpha value is 0.0192. The first-order valence-electron chi connectivity index (χ1n) is 6.06. The first-order chi connectivity index (χ1) is 8.58. The van der Waals surface area contributed by atoms with Crippen LogP contribution in [0.25, 0.3) is 0 Å². The van der Waals surface area contributed by atoms with E-state index >= 15 is 0 Å². The molecule has 0 saturated heterocycles. The number of benzene rings is 2. The molecule has 0 aromatic heterocycles. The van der Waals surface area contributed by atoms with Gasteiger partial charge in [-0.2, -0.15) is 0 Å². The molecule has 0 unspecified atom stereocenters. The van der Waals surface area contributed by atoms with Gasteiger partial charge in [0.25, 0.3) is 0 Å². The molecule has 0 aliphatic carbocycles. The van der Waals surface area contributed by atoms with Crippen LogP contribution in [0.4, 0.5) is 0 Å². The molecular formula is C16H18Te2. The fraction of sp³-hybridized carbons (Fsp3) is 0.250. The van der Waals surface area contributed by atoms with Crippen LogP contribution >= 0.6 is 0 Å². The fourth-order valence-electron chi connectivity index (χ4n) is 2.03. The van der Waals surface area contributed by atoms with Gasteiger partial charge in [0, 0.05) is 0 Å². The summed E-state index contributed by atoms with van der Waals surface area (Å²) in [6, 6.07) is 13.6. The van der Waals surface area contributed by atoms with Crippen LogP contribution < -0.4 is 7.22 Å². The molecule has 0 heterocycles. The van der Waals surface area contributed by atoms with Crippen LogP contribution in [0, 0.1) is 27.7 Å². The van der Waals surface area contributed by atoms with Gasteiger partial charge >= 0.3 is 128 Å². The molecule has 0 fully saturated rings. The second-order valence-corrected chi connectivity index (χ2v) is 14.4. The van der Waals surface area contributed by atoms with E-state index in [1.54, 1.807) is 7.22 Å². The third-order valence-corrected chi connectivity index (χ3v) is 15.5. The maximum atomic E-state index is 2.35. The predicted molar refractivity (Wildman–Crippen MR) is 82.6 cm³/mol. The fourth-order valence-corrected chi connectivity index (χ4v) is 16.5. The van der Waals surface area contributed by atoms with Gasteiger partial charge in [-0.25, -0.2) is 0 Å². The zero-order valence-electron chi connectivity index (χ0n) is 11.3. The standard InChI is InChI=1S/C16H18Te2/c1-11-9-13(3)16(14(4)10-11)18-17-15-8-6-5-7-12(15)2/h5-10H,1-4H3. The van der Waals surface area contributed by atoms with Crippen LogP contribution in [0.3, 0.4) is 0 Å². The monoisotopic (exact) mass is 470 g/mol. The molecule has 0 aliphatic rings. The molecule has 2 heteroatoms. The summed E-state index contributed by atoms with van der Waals surface area (Å²) in [6.45, 7) is 9.01.